The fraction of sp³-hybridized carbons (Fsp3) is 0.706. The molecule has 3 heterocycles. The van der Waals surface area contributed by atoms with E-state index in [9.17, 15) is 0 Å². The van der Waals surface area contributed by atoms with E-state index in [1.165, 1.54) is 37.3 Å². The van der Waals surface area contributed by atoms with E-state index in [-0.39, 0.29) is 0 Å². The number of nitrogens with one attached hydrogen (secondary N) is 1. The van der Waals surface area contributed by atoms with E-state index in [4.69, 9.17) is 0 Å². The van der Waals surface area contributed by atoms with Crippen LogP contribution in [0.15, 0.2) is 18.3 Å². The summed E-state index contributed by atoms with van der Waals surface area (Å²) in [5, 5.41) is 3.55. The average Bonchev–Trinajstić information content (AvgIpc) is 2.95. The number of aromatic nitrogens is 1. The van der Waals surface area contributed by atoms with Crippen molar-refractivity contribution in [1.29, 1.82) is 0 Å². The van der Waals surface area contributed by atoms with Crippen molar-refractivity contribution in [2.45, 2.75) is 39.3 Å². The van der Waals surface area contributed by atoms with Crippen LogP contribution in [0.25, 0.3) is 0 Å². The van der Waals surface area contributed by atoms with Gasteiger partial charge in [-0.25, -0.2) is 4.98 Å². The van der Waals surface area contributed by atoms with Crippen LogP contribution >= 0.6 is 0 Å². The number of piperazine rings is 1. The van der Waals surface area contributed by atoms with Crippen LogP contribution in [0.1, 0.15) is 32.3 Å². The Bertz CT molecular complexity index is 460. The minimum Gasteiger partial charge on any atom is -0.353 e. The molecule has 2 aliphatic heterocycles. The van der Waals surface area contributed by atoms with Crippen molar-refractivity contribution >= 4 is 5.82 Å². The number of fused-ring (bicyclic) bond motifs is 1. The van der Waals surface area contributed by atoms with Gasteiger partial charge < -0.3 is 10.2 Å². The first-order valence-electron chi connectivity index (χ1n) is 8.37. The summed E-state index contributed by atoms with van der Waals surface area (Å²) in [6.45, 7) is 11.2. The minimum atomic E-state index is 0.687. The van der Waals surface area contributed by atoms with Gasteiger partial charge in [-0.15, -0.1) is 0 Å². The number of hydrogen-bond acceptors (Lipinski definition) is 4. The number of rotatable bonds is 5. The van der Waals surface area contributed by atoms with Crippen LogP contribution in [-0.2, 0) is 6.54 Å². The Morgan fingerprint density at radius 2 is 2.24 bits per heavy atom. The topological polar surface area (TPSA) is 31.4 Å². The Labute approximate surface area is 128 Å². The highest BCUT2D eigenvalue weighted by Crippen LogP contribution is 2.26. The van der Waals surface area contributed by atoms with Crippen LogP contribution in [0.2, 0.25) is 0 Å². The molecule has 1 N–H and O–H groups in total. The fourth-order valence-corrected chi connectivity index (χ4v) is 3.53. The van der Waals surface area contributed by atoms with Crippen molar-refractivity contribution < 1.29 is 0 Å². The molecule has 0 aromatic carbocycles. The Hall–Kier alpha value is -1.13. The Morgan fingerprint density at radius 3 is 3.10 bits per heavy atom. The summed E-state index contributed by atoms with van der Waals surface area (Å²) in [5.41, 5.74) is 1.34. The molecule has 0 aliphatic carbocycles. The zero-order chi connectivity index (χ0) is 14.7. The van der Waals surface area contributed by atoms with Crippen molar-refractivity contribution in [1.82, 2.24) is 15.2 Å². The van der Waals surface area contributed by atoms with Crippen LogP contribution in [0.5, 0.6) is 0 Å². The molecule has 0 spiro atoms. The van der Waals surface area contributed by atoms with Crippen molar-refractivity contribution in [3.05, 3.63) is 23.9 Å². The molecule has 3 rings (SSSR count). The van der Waals surface area contributed by atoms with Gasteiger partial charge in [-0.1, -0.05) is 19.9 Å². The summed E-state index contributed by atoms with van der Waals surface area (Å²) in [4.78, 5) is 9.83. The molecule has 1 aromatic heterocycles. The normalized spacial score (nSPS) is 22.8. The van der Waals surface area contributed by atoms with Gasteiger partial charge in [0.25, 0.3) is 0 Å². The van der Waals surface area contributed by atoms with Crippen molar-refractivity contribution in [3.63, 3.8) is 0 Å². The second-order valence-corrected chi connectivity index (χ2v) is 6.79. The monoisotopic (exact) mass is 288 g/mol. The largest absolute Gasteiger partial charge is 0.353 e. The molecule has 4 heteroatoms. The van der Waals surface area contributed by atoms with Gasteiger partial charge in [-0.2, -0.15) is 0 Å². The lowest BCUT2D eigenvalue weighted by Crippen LogP contribution is -2.50. The van der Waals surface area contributed by atoms with E-state index in [0.29, 0.717) is 5.92 Å². The predicted molar refractivity (Wildman–Crippen MR) is 87.6 cm³/mol. The van der Waals surface area contributed by atoms with Gasteiger partial charge >= 0.3 is 0 Å². The zero-order valence-electron chi connectivity index (χ0n) is 13.4. The highest BCUT2D eigenvalue weighted by Gasteiger charge is 2.31. The van der Waals surface area contributed by atoms with Gasteiger partial charge in [0.15, 0.2) is 0 Å². The molecular formula is C17H28N4. The molecule has 2 fully saturated rings. The first-order valence-corrected chi connectivity index (χ1v) is 8.37. The van der Waals surface area contributed by atoms with Crippen molar-refractivity contribution in [3.8, 4) is 0 Å². The number of anilines is 1. The second kappa shape index (κ2) is 6.75. The maximum atomic E-state index is 4.68. The van der Waals surface area contributed by atoms with E-state index < -0.39 is 0 Å². The van der Waals surface area contributed by atoms with Crippen LogP contribution in [0, 0.1) is 5.92 Å². The van der Waals surface area contributed by atoms with Crippen LogP contribution in [-0.4, -0.2) is 48.6 Å². The first-order chi connectivity index (χ1) is 10.2. The van der Waals surface area contributed by atoms with Gasteiger partial charge in [0, 0.05) is 44.0 Å². The molecule has 0 saturated carbocycles. The van der Waals surface area contributed by atoms with E-state index in [0.717, 1.165) is 32.2 Å². The predicted octanol–water partition coefficient (Wildman–Crippen LogP) is 2.11. The van der Waals surface area contributed by atoms with Gasteiger partial charge in [0.2, 0.25) is 0 Å². The lowest BCUT2D eigenvalue weighted by molar-refractivity contribution is 0.230. The van der Waals surface area contributed by atoms with Crippen LogP contribution < -0.4 is 10.2 Å². The Morgan fingerprint density at radius 1 is 1.33 bits per heavy atom. The fourth-order valence-electron chi connectivity index (χ4n) is 3.53. The van der Waals surface area contributed by atoms with Crippen molar-refractivity contribution in [2.24, 2.45) is 5.92 Å². The molecule has 0 bridgehead atoms. The van der Waals surface area contributed by atoms with Crippen LogP contribution in [0.3, 0.4) is 0 Å². The van der Waals surface area contributed by atoms with E-state index in [2.05, 4.69) is 46.1 Å². The molecule has 2 saturated heterocycles. The number of pyridine rings is 1. The van der Waals surface area contributed by atoms with E-state index >= 15 is 0 Å². The van der Waals surface area contributed by atoms with Crippen molar-refractivity contribution in [2.75, 3.05) is 37.6 Å². The SMILES string of the molecule is CC(C)CNCc1cccnc1N1CCN2CCCC2C1. The lowest BCUT2D eigenvalue weighted by Gasteiger charge is -2.38. The summed E-state index contributed by atoms with van der Waals surface area (Å²) >= 11 is 0. The molecule has 0 radical (unpaired) electrons. The Kier molecular flexibility index (Phi) is 4.76. The summed E-state index contributed by atoms with van der Waals surface area (Å²) in [6.07, 6.45) is 4.65. The zero-order valence-corrected chi connectivity index (χ0v) is 13.4. The highest BCUT2D eigenvalue weighted by atomic mass is 15.3. The molecule has 1 unspecified atom stereocenters. The van der Waals surface area contributed by atoms with Gasteiger partial charge in [-0.3, -0.25) is 4.90 Å². The quantitative estimate of drug-likeness (QED) is 0.899. The summed E-state index contributed by atoms with van der Waals surface area (Å²) in [6, 6.07) is 5.02. The molecular weight excluding hydrogens is 260 g/mol. The minimum absolute atomic E-state index is 0.687. The molecule has 4 nitrogen and oxygen atoms in total. The van der Waals surface area contributed by atoms with E-state index in [1.54, 1.807) is 0 Å². The molecule has 2 aliphatic rings. The van der Waals surface area contributed by atoms with Gasteiger partial charge in [0.1, 0.15) is 5.82 Å². The van der Waals surface area contributed by atoms with E-state index in [1.807, 2.05) is 6.20 Å². The maximum absolute atomic E-state index is 4.68. The third-order valence-electron chi connectivity index (χ3n) is 4.62. The number of hydrogen-bond donors (Lipinski definition) is 1. The van der Waals surface area contributed by atoms with Gasteiger partial charge in [-0.05, 0) is 37.9 Å². The number of nitrogens with zero attached hydrogens (tertiary/aromatic N) is 3. The molecule has 21 heavy (non-hydrogen) atoms. The first kappa shape index (κ1) is 14.8. The summed E-state index contributed by atoms with van der Waals surface area (Å²) < 4.78 is 0. The maximum Gasteiger partial charge on any atom is 0.133 e. The Balaban J connectivity index is 1.66. The summed E-state index contributed by atoms with van der Waals surface area (Å²) in [5.74, 6) is 1.88. The second-order valence-electron chi connectivity index (χ2n) is 6.79. The third-order valence-corrected chi connectivity index (χ3v) is 4.62. The smallest absolute Gasteiger partial charge is 0.133 e. The molecule has 116 valence electrons. The highest BCUT2D eigenvalue weighted by molar-refractivity contribution is 5.47. The van der Waals surface area contributed by atoms with Gasteiger partial charge in [0.05, 0.1) is 0 Å². The molecule has 1 atom stereocenters. The molecule has 0 amide bonds. The average molecular weight is 288 g/mol. The summed E-state index contributed by atoms with van der Waals surface area (Å²) in [7, 11) is 0. The van der Waals surface area contributed by atoms with Crippen LogP contribution in [0.4, 0.5) is 5.82 Å². The standard InChI is InChI=1S/C17H28N4/c1-14(2)11-18-12-15-5-3-7-19-17(15)21-10-9-20-8-4-6-16(20)13-21/h3,5,7,14,16,18H,4,6,8-13H2,1-2H3. The lowest BCUT2D eigenvalue weighted by atomic mass is 10.1. The molecule has 1 aromatic rings. The third kappa shape index (κ3) is 3.55.